The van der Waals surface area contributed by atoms with Crippen molar-refractivity contribution in [3.8, 4) is 10.8 Å². The number of fused-ring (bicyclic) bond motifs is 1. The Balaban J connectivity index is 0.000000668. The first-order valence-electron chi connectivity index (χ1n) is 10.4. The van der Waals surface area contributed by atoms with Crippen molar-refractivity contribution in [2.45, 2.75) is 31.2 Å². The highest BCUT2D eigenvalue weighted by molar-refractivity contribution is 7.13. The van der Waals surface area contributed by atoms with E-state index in [4.69, 9.17) is 5.73 Å². The van der Waals surface area contributed by atoms with Gasteiger partial charge in [-0.2, -0.15) is 4.98 Å². The van der Waals surface area contributed by atoms with Crippen LogP contribution in [0.3, 0.4) is 0 Å². The summed E-state index contributed by atoms with van der Waals surface area (Å²) in [6.45, 7) is 14.5. The molecule has 0 saturated heterocycles. The van der Waals surface area contributed by atoms with E-state index in [1.807, 2.05) is 42.0 Å². The highest BCUT2D eigenvalue weighted by atomic mass is 32.1. The van der Waals surface area contributed by atoms with Gasteiger partial charge in [-0.05, 0) is 37.3 Å². The van der Waals surface area contributed by atoms with Gasteiger partial charge < -0.3 is 5.73 Å². The Bertz CT molecular complexity index is 1160. The van der Waals surface area contributed by atoms with Crippen LogP contribution in [0.25, 0.3) is 22.7 Å². The Morgan fingerprint density at radius 2 is 1.97 bits per heavy atom. The predicted molar refractivity (Wildman–Crippen MR) is 134 cm³/mol. The molecule has 4 rings (SSSR count). The monoisotopic (exact) mass is 444 g/mol. The van der Waals surface area contributed by atoms with Crippen molar-refractivity contribution in [1.29, 1.82) is 0 Å². The van der Waals surface area contributed by atoms with Crippen molar-refractivity contribution < 1.29 is 0 Å². The standard InChI is InChI=1S/C21H22N6S.C4H6/c1-3-7-15-14-27-20(25-18(26-27)19-23-12-13-28-19)24-17(15)9-5-8-16(4-2)21(22)10-6-11-21;1-3-4-2/h3-5,8-9,12-14H,1-2,6-7,10-11,22H2;3-4H,1-2H2/b9-5+,16-8+;. The summed E-state index contributed by atoms with van der Waals surface area (Å²) in [4.78, 5) is 13.5. The zero-order chi connectivity index (χ0) is 23.0. The molecule has 0 aromatic carbocycles. The van der Waals surface area contributed by atoms with Gasteiger partial charge in [0.05, 0.1) is 5.69 Å². The molecule has 3 aromatic rings. The van der Waals surface area contributed by atoms with Gasteiger partial charge in [-0.3, -0.25) is 0 Å². The van der Waals surface area contributed by atoms with E-state index in [1.54, 1.807) is 22.9 Å². The molecule has 164 valence electrons. The fourth-order valence-electron chi connectivity index (χ4n) is 3.28. The Hall–Kier alpha value is -3.42. The molecule has 2 N–H and O–H groups in total. The smallest absolute Gasteiger partial charge is 0.253 e. The third-order valence-corrected chi connectivity index (χ3v) is 5.93. The summed E-state index contributed by atoms with van der Waals surface area (Å²) >= 11 is 1.50. The molecule has 1 fully saturated rings. The lowest BCUT2D eigenvalue weighted by Gasteiger charge is -2.39. The van der Waals surface area contributed by atoms with E-state index in [0.29, 0.717) is 18.0 Å². The highest BCUT2D eigenvalue weighted by Gasteiger charge is 2.34. The zero-order valence-corrected chi connectivity index (χ0v) is 19.0. The first kappa shape index (κ1) is 23.2. The van der Waals surface area contributed by atoms with Crippen molar-refractivity contribution in [1.82, 2.24) is 24.6 Å². The molecule has 7 heteroatoms. The molecule has 1 aliphatic carbocycles. The van der Waals surface area contributed by atoms with Crippen LogP contribution in [0.4, 0.5) is 0 Å². The molecule has 0 radical (unpaired) electrons. The maximum Gasteiger partial charge on any atom is 0.253 e. The largest absolute Gasteiger partial charge is 0.321 e. The van der Waals surface area contributed by atoms with E-state index >= 15 is 0 Å². The van der Waals surface area contributed by atoms with Crippen LogP contribution in [-0.4, -0.2) is 30.1 Å². The van der Waals surface area contributed by atoms with E-state index in [-0.39, 0.29) is 5.54 Å². The first-order valence-corrected chi connectivity index (χ1v) is 11.2. The lowest BCUT2D eigenvalue weighted by molar-refractivity contribution is 0.304. The summed E-state index contributed by atoms with van der Waals surface area (Å²) in [5, 5.41) is 7.19. The molecular weight excluding hydrogens is 416 g/mol. The van der Waals surface area contributed by atoms with Crippen molar-refractivity contribution in [2.24, 2.45) is 5.73 Å². The summed E-state index contributed by atoms with van der Waals surface area (Å²) in [6.07, 6.45) is 20.5. The van der Waals surface area contributed by atoms with Gasteiger partial charge in [0.1, 0.15) is 0 Å². The Kier molecular flexibility index (Phi) is 7.81. The van der Waals surface area contributed by atoms with Crippen molar-refractivity contribution in [3.05, 3.63) is 97.4 Å². The molecule has 3 heterocycles. The van der Waals surface area contributed by atoms with Gasteiger partial charge >= 0.3 is 0 Å². The van der Waals surface area contributed by atoms with E-state index in [2.05, 4.69) is 46.4 Å². The van der Waals surface area contributed by atoms with Crippen LogP contribution in [-0.2, 0) is 6.42 Å². The molecule has 0 bridgehead atoms. The van der Waals surface area contributed by atoms with E-state index in [1.165, 1.54) is 17.8 Å². The second-order valence-electron chi connectivity index (χ2n) is 7.33. The molecule has 6 nitrogen and oxygen atoms in total. The molecule has 0 unspecified atom stereocenters. The second-order valence-corrected chi connectivity index (χ2v) is 8.22. The van der Waals surface area contributed by atoms with Crippen LogP contribution in [0.15, 0.2) is 86.1 Å². The summed E-state index contributed by atoms with van der Waals surface area (Å²) in [5.74, 6) is 1.12. The van der Waals surface area contributed by atoms with Crippen LogP contribution in [0, 0.1) is 0 Å². The lowest BCUT2D eigenvalue weighted by Crippen LogP contribution is -2.47. The number of hydrogen-bond acceptors (Lipinski definition) is 6. The topological polar surface area (TPSA) is 82.0 Å². The number of rotatable bonds is 8. The average molecular weight is 445 g/mol. The predicted octanol–water partition coefficient (Wildman–Crippen LogP) is 5.34. The Labute approximate surface area is 193 Å². The summed E-state index contributed by atoms with van der Waals surface area (Å²) in [5.41, 5.74) is 9.10. The van der Waals surface area contributed by atoms with Gasteiger partial charge in [0.15, 0.2) is 5.01 Å². The molecular formula is C25H28N6S. The van der Waals surface area contributed by atoms with Crippen LogP contribution >= 0.6 is 11.3 Å². The lowest BCUT2D eigenvalue weighted by atomic mass is 9.72. The number of hydrogen-bond donors (Lipinski definition) is 1. The van der Waals surface area contributed by atoms with E-state index < -0.39 is 0 Å². The normalized spacial score (nSPS) is 15.0. The molecule has 1 saturated carbocycles. The molecule has 0 amide bonds. The van der Waals surface area contributed by atoms with Crippen LogP contribution in [0.2, 0.25) is 0 Å². The second kappa shape index (κ2) is 10.7. The molecule has 0 aliphatic heterocycles. The average Bonchev–Trinajstić information content (AvgIpc) is 3.45. The van der Waals surface area contributed by atoms with Gasteiger partial charge in [0, 0.05) is 28.9 Å². The maximum atomic E-state index is 6.41. The van der Waals surface area contributed by atoms with Gasteiger partial charge in [-0.15, -0.1) is 23.0 Å². The molecule has 3 aromatic heterocycles. The highest BCUT2D eigenvalue weighted by Crippen LogP contribution is 2.36. The number of aromatic nitrogens is 5. The quantitative estimate of drug-likeness (QED) is 0.374. The first-order chi connectivity index (χ1) is 15.5. The number of nitrogens with zero attached hydrogens (tertiary/aromatic N) is 5. The minimum absolute atomic E-state index is 0.233. The Morgan fingerprint density at radius 1 is 1.19 bits per heavy atom. The molecule has 32 heavy (non-hydrogen) atoms. The number of thiazole rings is 1. The van der Waals surface area contributed by atoms with Gasteiger partial charge in [0.2, 0.25) is 5.82 Å². The molecule has 0 atom stereocenters. The Morgan fingerprint density at radius 3 is 2.53 bits per heavy atom. The third kappa shape index (κ3) is 5.25. The third-order valence-electron chi connectivity index (χ3n) is 5.17. The molecule has 0 spiro atoms. The number of allylic oxidation sites excluding steroid dienone is 5. The summed E-state index contributed by atoms with van der Waals surface area (Å²) < 4.78 is 1.70. The van der Waals surface area contributed by atoms with Crippen molar-refractivity contribution in [3.63, 3.8) is 0 Å². The van der Waals surface area contributed by atoms with Gasteiger partial charge in [0.25, 0.3) is 5.78 Å². The molecule has 1 aliphatic rings. The summed E-state index contributed by atoms with van der Waals surface area (Å²) in [6, 6.07) is 0. The fourth-order valence-corrected chi connectivity index (χ4v) is 3.84. The minimum Gasteiger partial charge on any atom is -0.321 e. The van der Waals surface area contributed by atoms with E-state index in [9.17, 15) is 0 Å². The van der Waals surface area contributed by atoms with Crippen molar-refractivity contribution in [2.75, 3.05) is 0 Å². The SMILES string of the molecule is C=CC=C.C=CCc1cn2nc(-c3nccs3)nc2nc1/C=C/C=C(\C=C)C1(N)CCC1. The van der Waals surface area contributed by atoms with Crippen LogP contribution in [0.5, 0.6) is 0 Å². The summed E-state index contributed by atoms with van der Waals surface area (Å²) in [7, 11) is 0. The number of nitrogens with two attached hydrogens (primary N) is 1. The maximum absolute atomic E-state index is 6.41. The van der Waals surface area contributed by atoms with Crippen LogP contribution < -0.4 is 5.73 Å². The fraction of sp³-hybridized carbons (Fsp3) is 0.200. The van der Waals surface area contributed by atoms with Crippen LogP contribution in [0.1, 0.15) is 30.5 Å². The minimum atomic E-state index is -0.233. The zero-order valence-electron chi connectivity index (χ0n) is 18.2. The van der Waals surface area contributed by atoms with Gasteiger partial charge in [-0.1, -0.05) is 56.2 Å². The van der Waals surface area contributed by atoms with Crippen molar-refractivity contribution >= 4 is 23.2 Å². The van der Waals surface area contributed by atoms with Gasteiger partial charge in [-0.25, -0.2) is 14.5 Å². The van der Waals surface area contributed by atoms with E-state index in [0.717, 1.165) is 34.7 Å².